The van der Waals surface area contributed by atoms with Crippen LogP contribution in [0.2, 0.25) is 5.02 Å². The highest BCUT2D eigenvalue weighted by molar-refractivity contribution is 7.16. The smallest absolute Gasteiger partial charge is 0.250 e. The lowest BCUT2D eigenvalue weighted by Gasteiger charge is -1.98. The van der Waals surface area contributed by atoms with E-state index in [1.54, 1.807) is 18.2 Å². The average Bonchev–Trinajstić information content (AvgIpc) is 2.95. The van der Waals surface area contributed by atoms with Gasteiger partial charge in [0.1, 0.15) is 0 Å². The predicted octanol–water partition coefficient (Wildman–Crippen LogP) is 5.42. The second kappa shape index (κ2) is 7.43. The van der Waals surface area contributed by atoms with E-state index in [0.717, 1.165) is 21.7 Å². The van der Waals surface area contributed by atoms with Crippen LogP contribution in [0.3, 0.4) is 0 Å². The Hall–Kier alpha value is -2.43. The molecule has 0 aliphatic heterocycles. The zero-order chi connectivity index (χ0) is 16.9. The summed E-state index contributed by atoms with van der Waals surface area (Å²) in [5, 5.41) is 4.07. The van der Waals surface area contributed by atoms with Crippen LogP contribution in [0.1, 0.15) is 10.4 Å². The summed E-state index contributed by atoms with van der Waals surface area (Å²) >= 11 is 7.31. The van der Waals surface area contributed by atoms with E-state index < -0.39 is 0 Å². The number of amides is 1. The van der Waals surface area contributed by atoms with Crippen molar-refractivity contribution in [3.05, 3.63) is 76.1 Å². The fourth-order valence-corrected chi connectivity index (χ4v) is 3.17. The minimum absolute atomic E-state index is 0.210. The fraction of sp³-hybridized carbons (Fsp3) is 0.0526. The molecule has 3 rings (SSSR count). The summed E-state index contributed by atoms with van der Waals surface area (Å²) in [5.41, 5.74) is 2.86. The van der Waals surface area contributed by atoms with Gasteiger partial charge in [-0.1, -0.05) is 54.1 Å². The molecule has 0 aliphatic rings. The summed E-state index contributed by atoms with van der Waals surface area (Å²) in [7, 11) is 0. The minimum atomic E-state index is -0.210. The first-order valence-electron chi connectivity index (χ1n) is 7.39. The number of aromatic nitrogens is 1. The number of nitrogens with zero attached hydrogens (tertiary/aromatic N) is 1. The maximum atomic E-state index is 12.1. The molecule has 120 valence electrons. The number of benzene rings is 2. The van der Waals surface area contributed by atoms with Gasteiger partial charge in [0.05, 0.1) is 5.69 Å². The number of rotatable bonds is 4. The van der Waals surface area contributed by atoms with Crippen LogP contribution in [0.25, 0.3) is 17.3 Å². The molecule has 1 amide bonds. The third-order valence-electron chi connectivity index (χ3n) is 3.37. The lowest BCUT2D eigenvalue weighted by atomic mass is 10.1. The highest BCUT2D eigenvalue weighted by Gasteiger charge is 2.10. The van der Waals surface area contributed by atoms with Crippen molar-refractivity contribution in [1.82, 2.24) is 4.98 Å². The van der Waals surface area contributed by atoms with Crippen molar-refractivity contribution in [2.75, 3.05) is 5.32 Å². The third kappa shape index (κ3) is 4.10. The first kappa shape index (κ1) is 16.4. The Morgan fingerprint density at radius 1 is 1.12 bits per heavy atom. The lowest BCUT2D eigenvalue weighted by Crippen LogP contribution is -2.07. The number of aryl methyl sites for hydroxylation is 1. The largest absolute Gasteiger partial charge is 0.298 e. The van der Waals surface area contributed by atoms with Crippen molar-refractivity contribution in [1.29, 1.82) is 0 Å². The van der Waals surface area contributed by atoms with E-state index in [2.05, 4.69) is 10.3 Å². The Balaban J connectivity index is 1.70. The molecule has 1 N–H and O–H groups in total. The summed E-state index contributed by atoms with van der Waals surface area (Å²) in [6, 6.07) is 17.2. The van der Waals surface area contributed by atoms with Gasteiger partial charge < -0.3 is 0 Å². The summed E-state index contributed by atoms with van der Waals surface area (Å²) in [6.07, 6.45) is 3.23. The maximum absolute atomic E-state index is 12.1. The number of halogens is 1. The Bertz CT molecular complexity index is 870. The van der Waals surface area contributed by atoms with Crippen molar-refractivity contribution in [3.63, 3.8) is 0 Å². The van der Waals surface area contributed by atoms with Crippen LogP contribution in [-0.2, 0) is 4.79 Å². The van der Waals surface area contributed by atoms with E-state index in [9.17, 15) is 4.79 Å². The molecule has 3 aromatic rings. The van der Waals surface area contributed by atoms with Crippen molar-refractivity contribution >= 4 is 40.1 Å². The van der Waals surface area contributed by atoms with E-state index in [-0.39, 0.29) is 5.91 Å². The molecule has 1 heterocycles. The summed E-state index contributed by atoms with van der Waals surface area (Å²) in [4.78, 5) is 17.6. The topological polar surface area (TPSA) is 42.0 Å². The van der Waals surface area contributed by atoms with Crippen LogP contribution in [0.5, 0.6) is 0 Å². The first-order valence-corrected chi connectivity index (χ1v) is 8.59. The number of carbonyl (C=O) groups excluding carboxylic acids is 1. The molecule has 0 atom stereocenters. The quantitative estimate of drug-likeness (QED) is 0.635. The molecule has 24 heavy (non-hydrogen) atoms. The number of hydrogen-bond acceptors (Lipinski definition) is 3. The van der Waals surface area contributed by atoms with Crippen LogP contribution in [-0.4, -0.2) is 10.9 Å². The zero-order valence-electron chi connectivity index (χ0n) is 13.0. The zero-order valence-corrected chi connectivity index (χ0v) is 14.6. The number of carbonyl (C=O) groups is 1. The predicted molar refractivity (Wildman–Crippen MR) is 101 cm³/mol. The average molecular weight is 355 g/mol. The van der Waals surface area contributed by atoms with E-state index in [0.29, 0.717) is 10.2 Å². The maximum Gasteiger partial charge on any atom is 0.250 e. The van der Waals surface area contributed by atoms with Crippen LogP contribution >= 0.6 is 22.9 Å². The molecule has 0 bridgehead atoms. The second-order valence-corrected chi connectivity index (χ2v) is 6.80. The molecule has 0 saturated carbocycles. The van der Waals surface area contributed by atoms with E-state index in [1.807, 2.05) is 49.4 Å². The molecular weight excluding hydrogens is 340 g/mol. The Morgan fingerprint density at radius 3 is 2.54 bits per heavy atom. The normalized spacial score (nSPS) is 10.9. The molecule has 3 nitrogen and oxygen atoms in total. The van der Waals surface area contributed by atoms with Gasteiger partial charge in [-0.3, -0.25) is 10.1 Å². The highest BCUT2D eigenvalue weighted by Crippen LogP contribution is 2.30. The first-order chi connectivity index (χ1) is 11.6. The van der Waals surface area contributed by atoms with Crippen molar-refractivity contribution in [2.45, 2.75) is 6.92 Å². The summed E-state index contributed by atoms with van der Waals surface area (Å²) in [5.74, 6) is -0.210. The molecule has 5 heteroatoms. The third-order valence-corrected chi connectivity index (χ3v) is 4.51. The van der Waals surface area contributed by atoms with E-state index >= 15 is 0 Å². The number of thiazole rings is 1. The Labute approximate surface area is 149 Å². The van der Waals surface area contributed by atoms with Gasteiger partial charge in [-0.25, -0.2) is 4.98 Å². The highest BCUT2D eigenvalue weighted by atomic mass is 35.5. The lowest BCUT2D eigenvalue weighted by molar-refractivity contribution is -0.111. The standard InChI is InChI=1S/C19H15ClN2OS/c1-13-18(15-5-3-2-4-6-15)22-19(24-13)21-17(23)12-9-14-7-10-16(20)11-8-14/h2-12H,1H3,(H,21,22,23). The van der Waals surface area contributed by atoms with Crippen molar-refractivity contribution in [2.24, 2.45) is 0 Å². The molecule has 0 radical (unpaired) electrons. The fourth-order valence-electron chi connectivity index (χ4n) is 2.21. The SMILES string of the molecule is Cc1sc(NC(=O)C=Cc2ccc(Cl)cc2)nc1-c1ccccc1. The van der Waals surface area contributed by atoms with E-state index in [4.69, 9.17) is 11.6 Å². The Kier molecular flexibility index (Phi) is 5.08. The van der Waals surface area contributed by atoms with Gasteiger partial charge in [0.25, 0.3) is 0 Å². The molecule has 0 unspecified atom stereocenters. The summed E-state index contributed by atoms with van der Waals surface area (Å²) < 4.78 is 0. The number of hydrogen-bond donors (Lipinski definition) is 1. The molecule has 0 fully saturated rings. The van der Waals surface area contributed by atoms with Gasteiger partial charge in [0.2, 0.25) is 5.91 Å². The van der Waals surface area contributed by atoms with Gasteiger partial charge in [-0.2, -0.15) is 0 Å². The number of nitrogens with one attached hydrogen (secondary N) is 1. The van der Waals surface area contributed by atoms with Crippen LogP contribution in [0, 0.1) is 6.92 Å². The van der Waals surface area contributed by atoms with Crippen molar-refractivity contribution in [3.8, 4) is 11.3 Å². The van der Waals surface area contributed by atoms with Gasteiger partial charge in [0, 0.05) is 21.5 Å². The molecule has 0 saturated heterocycles. The molecule has 2 aromatic carbocycles. The van der Waals surface area contributed by atoms with Crippen LogP contribution < -0.4 is 5.32 Å². The van der Waals surface area contributed by atoms with E-state index in [1.165, 1.54) is 17.4 Å². The van der Waals surface area contributed by atoms with Crippen LogP contribution in [0.4, 0.5) is 5.13 Å². The van der Waals surface area contributed by atoms with Gasteiger partial charge in [0.15, 0.2) is 5.13 Å². The van der Waals surface area contributed by atoms with Crippen molar-refractivity contribution < 1.29 is 4.79 Å². The van der Waals surface area contributed by atoms with Gasteiger partial charge >= 0.3 is 0 Å². The molecule has 0 spiro atoms. The van der Waals surface area contributed by atoms with Crippen LogP contribution in [0.15, 0.2) is 60.7 Å². The molecule has 0 aliphatic carbocycles. The van der Waals surface area contributed by atoms with Gasteiger partial charge in [-0.05, 0) is 30.7 Å². The summed E-state index contributed by atoms with van der Waals surface area (Å²) in [6.45, 7) is 2.00. The second-order valence-electron chi connectivity index (χ2n) is 5.16. The van der Waals surface area contributed by atoms with Gasteiger partial charge in [-0.15, -0.1) is 11.3 Å². The number of anilines is 1. The molecule has 1 aromatic heterocycles. The Morgan fingerprint density at radius 2 is 1.83 bits per heavy atom. The molecular formula is C19H15ClN2OS. The monoisotopic (exact) mass is 354 g/mol. The minimum Gasteiger partial charge on any atom is -0.298 e.